The van der Waals surface area contributed by atoms with Gasteiger partial charge in [0.2, 0.25) is 5.91 Å². The van der Waals surface area contributed by atoms with E-state index in [1.54, 1.807) is 0 Å². The fourth-order valence-corrected chi connectivity index (χ4v) is 2.85. The molecule has 0 aliphatic carbocycles. The van der Waals surface area contributed by atoms with Gasteiger partial charge in [0.25, 0.3) is 0 Å². The smallest absolute Gasteiger partial charge is 0.417 e. The number of nitrogens with zero attached hydrogens (tertiary/aromatic N) is 1. The Morgan fingerprint density at radius 2 is 1.91 bits per heavy atom. The maximum atomic E-state index is 12.7. The van der Waals surface area contributed by atoms with Gasteiger partial charge < -0.3 is 4.74 Å². The van der Waals surface area contributed by atoms with Crippen molar-refractivity contribution in [3.05, 3.63) is 35.9 Å². The molecule has 0 spiro atoms. The minimum Gasteiger partial charge on any atom is -0.447 e. The molecule has 2 atom stereocenters. The first-order chi connectivity index (χ1) is 10.9. The van der Waals surface area contributed by atoms with E-state index in [1.165, 1.54) is 6.92 Å². The highest BCUT2D eigenvalue weighted by Crippen LogP contribution is 2.23. The second-order valence-electron chi connectivity index (χ2n) is 6.42. The molecule has 124 valence electrons. The first kappa shape index (κ1) is 17.2. The third-order valence-corrected chi connectivity index (χ3v) is 4.01. The number of cyclic esters (lactones) is 1. The summed E-state index contributed by atoms with van der Waals surface area (Å²) in [6.07, 6.45) is 0.326. The molecule has 1 fully saturated rings. The van der Waals surface area contributed by atoms with Gasteiger partial charge in [-0.1, -0.05) is 44.2 Å². The Morgan fingerprint density at radius 3 is 2.48 bits per heavy atom. The van der Waals surface area contributed by atoms with Crippen molar-refractivity contribution in [2.45, 2.75) is 39.7 Å². The molecule has 1 aliphatic rings. The van der Waals surface area contributed by atoms with Crippen molar-refractivity contribution in [3.63, 3.8) is 0 Å². The molecule has 0 aromatic heterocycles. The van der Waals surface area contributed by atoms with Crippen LogP contribution in [0.5, 0.6) is 0 Å². The minimum absolute atomic E-state index is 0.172. The van der Waals surface area contributed by atoms with E-state index in [2.05, 4.69) is 0 Å². The number of amides is 2. The van der Waals surface area contributed by atoms with Crippen LogP contribution in [-0.2, 0) is 20.7 Å². The SMILES string of the molecule is CC(=O)[C@@H](CC(C)C)C(=O)N1C(=O)OC[C@@H]1Cc1ccccc1. The number of carbonyl (C=O) groups excluding carboxylic acids is 3. The van der Waals surface area contributed by atoms with Crippen molar-refractivity contribution in [1.82, 2.24) is 4.90 Å². The Labute approximate surface area is 136 Å². The van der Waals surface area contributed by atoms with Crippen molar-refractivity contribution in [2.75, 3.05) is 6.61 Å². The summed E-state index contributed by atoms with van der Waals surface area (Å²) >= 11 is 0. The van der Waals surface area contributed by atoms with Gasteiger partial charge in [0.15, 0.2) is 0 Å². The van der Waals surface area contributed by atoms with Crippen LogP contribution in [0.3, 0.4) is 0 Å². The minimum atomic E-state index is -0.779. The molecule has 0 saturated carbocycles. The summed E-state index contributed by atoms with van der Waals surface area (Å²) in [4.78, 5) is 37.7. The maximum absolute atomic E-state index is 12.7. The number of imide groups is 1. The molecule has 5 nitrogen and oxygen atoms in total. The van der Waals surface area contributed by atoms with E-state index in [-0.39, 0.29) is 24.3 Å². The van der Waals surface area contributed by atoms with Gasteiger partial charge in [-0.3, -0.25) is 9.59 Å². The van der Waals surface area contributed by atoms with E-state index in [9.17, 15) is 14.4 Å². The molecular weight excluding hydrogens is 294 g/mol. The van der Waals surface area contributed by atoms with Crippen LogP contribution in [-0.4, -0.2) is 35.3 Å². The van der Waals surface area contributed by atoms with Crippen molar-refractivity contribution in [2.24, 2.45) is 11.8 Å². The third-order valence-electron chi connectivity index (χ3n) is 4.01. The van der Waals surface area contributed by atoms with Gasteiger partial charge in [-0.2, -0.15) is 0 Å². The second-order valence-corrected chi connectivity index (χ2v) is 6.42. The number of hydrogen-bond donors (Lipinski definition) is 0. The normalized spacial score (nSPS) is 18.9. The van der Waals surface area contributed by atoms with E-state index in [1.807, 2.05) is 44.2 Å². The molecule has 5 heteroatoms. The predicted octanol–water partition coefficient (Wildman–Crippen LogP) is 2.83. The highest BCUT2D eigenvalue weighted by molar-refractivity contribution is 6.06. The van der Waals surface area contributed by atoms with E-state index >= 15 is 0 Å². The first-order valence-electron chi connectivity index (χ1n) is 7.94. The maximum Gasteiger partial charge on any atom is 0.417 e. The summed E-state index contributed by atoms with van der Waals surface area (Å²) in [5.41, 5.74) is 1.02. The number of rotatable bonds is 6. The number of benzene rings is 1. The fourth-order valence-electron chi connectivity index (χ4n) is 2.85. The Kier molecular flexibility index (Phi) is 5.53. The van der Waals surface area contributed by atoms with Gasteiger partial charge in [0, 0.05) is 0 Å². The molecule has 0 N–H and O–H groups in total. The summed E-state index contributed by atoms with van der Waals surface area (Å²) in [5.74, 6) is -1.23. The highest BCUT2D eigenvalue weighted by atomic mass is 16.6. The summed E-state index contributed by atoms with van der Waals surface area (Å²) in [6.45, 7) is 5.48. The molecular formula is C18H23NO4. The molecule has 1 aromatic rings. The summed E-state index contributed by atoms with van der Waals surface area (Å²) in [6, 6.07) is 9.28. The van der Waals surface area contributed by atoms with Crippen LogP contribution in [0.15, 0.2) is 30.3 Å². The number of Topliss-reactive ketones (excluding diaryl/α,β-unsaturated/α-hetero) is 1. The third kappa shape index (κ3) is 4.18. The molecule has 1 saturated heterocycles. The van der Waals surface area contributed by atoms with Gasteiger partial charge in [0.05, 0.1) is 12.0 Å². The Hall–Kier alpha value is -2.17. The lowest BCUT2D eigenvalue weighted by Gasteiger charge is -2.24. The molecule has 2 amide bonds. The standard InChI is InChI=1S/C18H23NO4/c1-12(2)9-16(13(3)20)17(21)19-15(11-23-18(19)22)10-14-7-5-4-6-8-14/h4-8,12,15-16H,9-11H2,1-3H3/t15-,16+/m0/s1. The lowest BCUT2D eigenvalue weighted by Crippen LogP contribution is -2.45. The quantitative estimate of drug-likeness (QED) is 0.757. The Balaban J connectivity index is 2.17. The lowest BCUT2D eigenvalue weighted by atomic mass is 9.92. The summed E-state index contributed by atoms with van der Waals surface area (Å²) in [7, 11) is 0. The molecule has 1 aromatic carbocycles. The van der Waals surface area contributed by atoms with Crippen molar-refractivity contribution < 1.29 is 19.1 Å². The van der Waals surface area contributed by atoms with E-state index in [0.717, 1.165) is 10.5 Å². The van der Waals surface area contributed by atoms with Crippen LogP contribution >= 0.6 is 0 Å². The van der Waals surface area contributed by atoms with Crippen LogP contribution in [0.25, 0.3) is 0 Å². The predicted molar refractivity (Wildman–Crippen MR) is 85.8 cm³/mol. The largest absolute Gasteiger partial charge is 0.447 e. The number of hydrogen-bond acceptors (Lipinski definition) is 4. The zero-order valence-electron chi connectivity index (χ0n) is 13.8. The lowest BCUT2D eigenvalue weighted by molar-refractivity contribution is -0.139. The van der Waals surface area contributed by atoms with Gasteiger partial charge >= 0.3 is 6.09 Å². The van der Waals surface area contributed by atoms with Crippen LogP contribution in [0, 0.1) is 11.8 Å². The van der Waals surface area contributed by atoms with Crippen LogP contribution in [0.2, 0.25) is 0 Å². The Bertz CT molecular complexity index is 582. The monoisotopic (exact) mass is 317 g/mol. The zero-order valence-corrected chi connectivity index (χ0v) is 13.8. The number of ketones is 1. The molecule has 2 rings (SSSR count). The first-order valence-corrected chi connectivity index (χ1v) is 7.94. The van der Waals surface area contributed by atoms with Crippen molar-refractivity contribution >= 4 is 17.8 Å². The van der Waals surface area contributed by atoms with Crippen molar-refractivity contribution in [1.29, 1.82) is 0 Å². The second kappa shape index (κ2) is 7.40. The molecule has 0 bridgehead atoms. The zero-order chi connectivity index (χ0) is 17.0. The van der Waals surface area contributed by atoms with Gasteiger partial charge in [-0.05, 0) is 31.2 Å². The number of ether oxygens (including phenoxy) is 1. The van der Waals surface area contributed by atoms with E-state index < -0.39 is 17.9 Å². The molecule has 0 radical (unpaired) electrons. The summed E-state index contributed by atoms with van der Waals surface area (Å²) < 4.78 is 5.06. The molecule has 1 aliphatic heterocycles. The Morgan fingerprint density at radius 1 is 1.26 bits per heavy atom. The van der Waals surface area contributed by atoms with Gasteiger partial charge in [-0.15, -0.1) is 0 Å². The van der Waals surface area contributed by atoms with Gasteiger partial charge in [-0.25, -0.2) is 9.69 Å². The van der Waals surface area contributed by atoms with Crippen LogP contribution in [0.4, 0.5) is 4.79 Å². The summed E-state index contributed by atoms with van der Waals surface area (Å²) in [5, 5.41) is 0. The molecule has 0 unspecified atom stereocenters. The van der Waals surface area contributed by atoms with Gasteiger partial charge in [0.1, 0.15) is 12.4 Å². The highest BCUT2D eigenvalue weighted by Gasteiger charge is 2.42. The fraction of sp³-hybridized carbons (Fsp3) is 0.500. The topological polar surface area (TPSA) is 63.7 Å². The molecule has 23 heavy (non-hydrogen) atoms. The average Bonchev–Trinajstić information content (AvgIpc) is 2.85. The number of carbonyl (C=O) groups is 3. The van der Waals surface area contributed by atoms with E-state index in [0.29, 0.717) is 12.8 Å². The van der Waals surface area contributed by atoms with Crippen molar-refractivity contribution in [3.8, 4) is 0 Å². The van der Waals surface area contributed by atoms with Crippen LogP contribution in [0.1, 0.15) is 32.8 Å². The van der Waals surface area contributed by atoms with Crippen LogP contribution < -0.4 is 0 Å². The average molecular weight is 317 g/mol. The molecule has 1 heterocycles. The van der Waals surface area contributed by atoms with E-state index in [4.69, 9.17) is 4.74 Å².